The molecular weight excluding hydrogens is 256 g/mol. The van der Waals surface area contributed by atoms with Crippen molar-refractivity contribution in [2.75, 3.05) is 30.4 Å². The highest BCUT2D eigenvalue weighted by atomic mass is 16.5. The van der Waals surface area contributed by atoms with Crippen molar-refractivity contribution in [2.24, 2.45) is 0 Å². The van der Waals surface area contributed by atoms with E-state index in [1.807, 2.05) is 0 Å². The van der Waals surface area contributed by atoms with Crippen molar-refractivity contribution in [3.8, 4) is 0 Å². The maximum absolute atomic E-state index is 5.50. The monoisotopic (exact) mass is 276 g/mol. The lowest BCUT2D eigenvalue weighted by atomic mass is 10.1. The summed E-state index contributed by atoms with van der Waals surface area (Å²) in [4.78, 5) is 16.3. The number of aromatic amines is 1. The van der Waals surface area contributed by atoms with Crippen LogP contribution in [-0.2, 0) is 4.74 Å². The molecule has 0 aromatic carbocycles. The predicted octanol–water partition coefficient (Wildman–Crippen LogP) is 1.77. The van der Waals surface area contributed by atoms with Gasteiger partial charge in [-0.1, -0.05) is 6.92 Å². The molecule has 1 atom stereocenters. The Balaban J connectivity index is 1.84. The molecule has 1 aliphatic heterocycles. The zero-order valence-electron chi connectivity index (χ0n) is 11.6. The van der Waals surface area contributed by atoms with Gasteiger partial charge in [0, 0.05) is 13.2 Å². The fraction of sp³-hybridized carbons (Fsp3) is 0.615. The van der Waals surface area contributed by atoms with E-state index in [0.717, 1.165) is 50.4 Å². The number of rotatable bonds is 5. The highest BCUT2D eigenvalue weighted by Gasteiger charge is 2.17. The molecule has 7 nitrogen and oxygen atoms in total. The van der Waals surface area contributed by atoms with Crippen molar-refractivity contribution in [2.45, 2.75) is 32.2 Å². The molecule has 0 spiro atoms. The molecular formula is C13H20N6O. The molecule has 1 unspecified atom stereocenters. The molecule has 3 rings (SSSR count). The van der Waals surface area contributed by atoms with Crippen molar-refractivity contribution in [1.29, 1.82) is 0 Å². The number of hydrogen-bond donors (Lipinski definition) is 3. The number of aromatic nitrogens is 4. The minimum atomic E-state index is 0.296. The Hall–Kier alpha value is -1.89. The minimum absolute atomic E-state index is 0.296. The van der Waals surface area contributed by atoms with E-state index in [-0.39, 0.29) is 0 Å². The number of hydrogen-bond acceptors (Lipinski definition) is 6. The summed E-state index contributed by atoms with van der Waals surface area (Å²) in [7, 11) is 0. The van der Waals surface area contributed by atoms with Crippen LogP contribution in [0.15, 0.2) is 6.33 Å². The number of ether oxygens (including phenoxy) is 1. The van der Waals surface area contributed by atoms with Gasteiger partial charge in [-0.15, -0.1) is 0 Å². The molecule has 108 valence electrons. The van der Waals surface area contributed by atoms with Gasteiger partial charge < -0.3 is 20.4 Å². The lowest BCUT2D eigenvalue weighted by molar-refractivity contribution is 0.0875. The molecule has 7 heteroatoms. The summed E-state index contributed by atoms with van der Waals surface area (Å²) < 4.78 is 5.50. The third-order valence-corrected chi connectivity index (χ3v) is 3.32. The Morgan fingerprint density at radius 3 is 3.20 bits per heavy atom. The maximum atomic E-state index is 5.50. The summed E-state index contributed by atoms with van der Waals surface area (Å²) >= 11 is 0. The van der Waals surface area contributed by atoms with Crippen LogP contribution in [0, 0.1) is 0 Å². The van der Waals surface area contributed by atoms with Gasteiger partial charge in [0.1, 0.15) is 5.52 Å². The van der Waals surface area contributed by atoms with Crippen molar-refractivity contribution in [1.82, 2.24) is 19.9 Å². The van der Waals surface area contributed by atoms with Crippen LogP contribution in [0.5, 0.6) is 0 Å². The highest BCUT2D eigenvalue weighted by molar-refractivity contribution is 5.83. The smallest absolute Gasteiger partial charge is 0.226 e. The first kappa shape index (κ1) is 13.1. The number of imidazole rings is 1. The maximum Gasteiger partial charge on any atom is 0.226 e. The van der Waals surface area contributed by atoms with Gasteiger partial charge >= 0.3 is 0 Å². The van der Waals surface area contributed by atoms with Gasteiger partial charge in [-0.3, -0.25) is 0 Å². The summed E-state index contributed by atoms with van der Waals surface area (Å²) in [5.41, 5.74) is 1.52. The lowest BCUT2D eigenvalue weighted by Gasteiger charge is -2.23. The van der Waals surface area contributed by atoms with E-state index in [1.54, 1.807) is 6.33 Å². The Labute approximate surface area is 117 Å². The zero-order valence-corrected chi connectivity index (χ0v) is 11.6. The number of anilines is 2. The van der Waals surface area contributed by atoms with Crippen LogP contribution in [-0.4, -0.2) is 45.7 Å². The molecule has 0 radical (unpaired) electrons. The Morgan fingerprint density at radius 2 is 2.40 bits per heavy atom. The van der Waals surface area contributed by atoms with Crippen LogP contribution >= 0.6 is 0 Å². The second kappa shape index (κ2) is 6.04. The van der Waals surface area contributed by atoms with E-state index in [0.29, 0.717) is 17.6 Å². The molecule has 20 heavy (non-hydrogen) atoms. The van der Waals surface area contributed by atoms with E-state index >= 15 is 0 Å². The third kappa shape index (κ3) is 2.82. The largest absolute Gasteiger partial charge is 0.379 e. The normalized spacial score (nSPS) is 19.1. The number of H-pyrrole nitrogens is 1. The Morgan fingerprint density at radius 1 is 1.45 bits per heavy atom. The van der Waals surface area contributed by atoms with Crippen molar-refractivity contribution >= 4 is 22.9 Å². The third-order valence-electron chi connectivity index (χ3n) is 3.32. The summed E-state index contributed by atoms with van der Waals surface area (Å²) in [5, 5.41) is 6.65. The van der Waals surface area contributed by atoms with Crippen LogP contribution in [0.25, 0.3) is 11.2 Å². The second-order valence-electron chi connectivity index (χ2n) is 4.98. The predicted molar refractivity (Wildman–Crippen MR) is 77.9 cm³/mol. The molecule has 0 bridgehead atoms. The van der Waals surface area contributed by atoms with Gasteiger partial charge in [0.15, 0.2) is 11.5 Å². The minimum Gasteiger partial charge on any atom is -0.379 e. The first-order chi connectivity index (χ1) is 9.86. The van der Waals surface area contributed by atoms with Crippen LogP contribution in [0.3, 0.4) is 0 Å². The van der Waals surface area contributed by atoms with Gasteiger partial charge in [0.05, 0.1) is 19.0 Å². The molecule has 3 N–H and O–H groups in total. The molecule has 0 amide bonds. The quantitative estimate of drug-likeness (QED) is 0.771. The van der Waals surface area contributed by atoms with E-state index in [9.17, 15) is 0 Å². The molecule has 0 saturated carbocycles. The molecule has 1 saturated heterocycles. The SMILES string of the molecule is CCCNc1nc(NC2CCCOC2)c2[nH]cnc2n1. The van der Waals surface area contributed by atoms with Crippen LogP contribution in [0.4, 0.5) is 11.8 Å². The van der Waals surface area contributed by atoms with Gasteiger partial charge in [0.2, 0.25) is 5.95 Å². The fourth-order valence-electron chi connectivity index (χ4n) is 2.30. The number of nitrogens with zero attached hydrogens (tertiary/aromatic N) is 3. The second-order valence-corrected chi connectivity index (χ2v) is 4.98. The Kier molecular flexibility index (Phi) is 3.96. The molecule has 0 aliphatic carbocycles. The molecule has 1 fully saturated rings. The average molecular weight is 276 g/mol. The highest BCUT2D eigenvalue weighted by Crippen LogP contribution is 2.21. The van der Waals surface area contributed by atoms with Crippen molar-refractivity contribution in [3.63, 3.8) is 0 Å². The summed E-state index contributed by atoms with van der Waals surface area (Å²) in [6.45, 7) is 4.53. The van der Waals surface area contributed by atoms with Gasteiger partial charge in [0.25, 0.3) is 0 Å². The summed E-state index contributed by atoms with van der Waals surface area (Å²) in [6.07, 6.45) is 4.85. The first-order valence-electron chi connectivity index (χ1n) is 7.16. The first-order valence-corrected chi connectivity index (χ1v) is 7.16. The zero-order chi connectivity index (χ0) is 13.8. The lowest BCUT2D eigenvalue weighted by Crippen LogP contribution is -2.30. The molecule has 2 aromatic heterocycles. The molecule has 1 aliphatic rings. The number of fused-ring (bicyclic) bond motifs is 1. The van der Waals surface area contributed by atoms with Crippen molar-refractivity contribution < 1.29 is 4.74 Å². The fourth-order valence-corrected chi connectivity index (χ4v) is 2.30. The standard InChI is InChI=1S/C13H20N6O/c1-2-5-14-13-18-11-10(15-8-16-11)12(19-13)17-9-4-3-6-20-7-9/h8-9H,2-7H2,1H3,(H3,14,15,16,17,18,19). The molecule has 2 aromatic rings. The Bertz CT molecular complexity index is 563. The van der Waals surface area contributed by atoms with Gasteiger partial charge in [-0.05, 0) is 19.3 Å². The summed E-state index contributed by atoms with van der Waals surface area (Å²) in [6, 6.07) is 0.296. The average Bonchev–Trinajstić information content (AvgIpc) is 2.95. The van der Waals surface area contributed by atoms with E-state index in [1.165, 1.54) is 0 Å². The topological polar surface area (TPSA) is 87.8 Å². The van der Waals surface area contributed by atoms with Crippen molar-refractivity contribution in [3.05, 3.63) is 6.33 Å². The number of nitrogens with one attached hydrogen (secondary N) is 3. The van der Waals surface area contributed by atoms with Gasteiger partial charge in [-0.2, -0.15) is 9.97 Å². The van der Waals surface area contributed by atoms with Crippen LogP contribution in [0.1, 0.15) is 26.2 Å². The van der Waals surface area contributed by atoms with Crippen LogP contribution in [0.2, 0.25) is 0 Å². The van der Waals surface area contributed by atoms with E-state index < -0.39 is 0 Å². The van der Waals surface area contributed by atoms with E-state index in [2.05, 4.69) is 37.5 Å². The molecule has 3 heterocycles. The summed E-state index contributed by atoms with van der Waals surface area (Å²) in [5.74, 6) is 1.41. The van der Waals surface area contributed by atoms with Gasteiger partial charge in [-0.25, -0.2) is 4.98 Å². The van der Waals surface area contributed by atoms with E-state index in [4.69, 9.17) is 4.74 Å². The van der Waals surface area contributed by atoms with Crippen LogP contribution < -0.4 is 10.6 Å².